The Morgan fingerprint density at radius 2 is 1.76 bits per heavy atom. The molecule has 4 rings (SSSR count). The average molecular weight is 553 g/mol. The molecule has 0 radical (unpaired) electrons. The quantitative estimate of drug-likeness (QED) is 0.313. The number of hydrogen-bond acceptors (Lipinski definition) is 7. The summed E-state index contributed by atoms with van der Waals surface area (Å²) in [4.78, 5) is 31.5. The zero-order valence-electron chi connectivity index (χ0n) is 20.9. The number of rotatable bonds is 9. The first-order valence-electron chi connectivity index (χ1n) is 11.6. The summed E-state index contributed by atoms with van der Waals surface area (Å²) < 4.78 is 16.2. The lowest BCUT2D eigenvalue weighted by Crippen LogP contribution is -2.28. The average Bonchev–Trinajstić information content (AvgIpc) is 3.19. The molecule has 0 atom stereocenters. The fourth-order valence-electron chi connectivity index (χ4n) is 3.66. The van der Waals surface area contributed by atoms with E-state index >= 15 is 0 Å². The van der Waals surface area contributed by atoms with Gasteiger partial charge in [-0.3, -0.25) is 9.69 Å². The van der Waals surface area contributed by atoms with Crippen LogP contribution in [0.4, 0.5) is 5.69 Å². The molecule has 1 saturated heterocycles. The van der Waals surface area contributed by atoms with Crippen molar-refractivity contribution in [3.63, 3.8) is 0 Å². The van der Waals surface area contributed by atoms with Crippen LogP contribution in [0, 0.1) is 0 Å². The molecule has 0 spiro atoms. The van der Waals surface area contributed by atoms with Crippen molar-refractivity contribution in [3.8, 4) is 17.2 Å². The molecule has 0 aliphatic carbocycles. The zero-order chi connectivity index (χ0) is 27.2. The number of halogens is 1. The Bertz CT molecular complexity index is 1400. The summed E-state index contributed by atoms with van der Waals surface area (Å²) in [6, 6.07) is 16.9. The highest BCUT2D eigenvalue weighted by molar-refractivity contribution is 8.18. The molecule has 3 aromatic carbocycles. The number of aliphatic imine (C=N–C) groups is 1. The maximum absolute atomic E-state index is 13.6. The predicted molar refractivity (Wildman–Crippen MR) is 149 cm³/mol. The first-order chi connectivity index (χ1) is 18.3. The Labute approximate surface area is 229 Å². The van der Waals surface area contributed by atoms with Gasteiger partial charge in [0, 0.05) is 6.07 Å². The van der Waals surface area contributed by atoms with Crippen molar-refractivity contribution in [2.24, 2.45) is 4.99 Å². The van der Waals surface area contributed by atoms with Crippen LogP contribution in [0.1, 0.15) is 28.4 Å². The van der Waals surface area contributed by atoms with Crippen LogP contribution < -0.4 is 14.2 Å². The zero-order valence-corrected chi connectivity index (χ0v) is 22.5. The van der Waals surface area contributed by atoms with Crippen LogP contribution in [-0.2, 0) is 11.3 Å². The number of hydrogen-bond donors (Lipinski definition) is 1. The van der Waals surface area contributed by atoms with E-state index in [0.29, 0.717) is 50.2 Å². The van der Waals surface area contributed by atoms with Gasteiger partial charge in [0.05, 0.1) is 48.5 Å². The molecule has 1 aliphatic heterocycles. The van der Waals surface area contributed by atoms with Crippen LogP contribution in [0.3, 0.4) is 0 Å². The second-order valence-corrected chi connectivity index (χ2v) is 9.47. The summed E-state index contributed by atoms with van der Waals surface area (Å²) in [6.07, 6.45) is 1.70. The number of aromatic carboxylic acids is 1. The SMILES string of the molecule is CCOc1cc(Cl)c(/C=C2\SC(=Nc3ccc(OC)cc3)N(Cc3ccc(C(=O)O)cc3)C2=O)cc1OC. The van der Waals surface area contributed by atoms with Crippen LogP contribution in [0.25, 0.3) is 6.08 Å². The fourth-order valence-corrected chi connectivity index (χ4v) is 4.86. The molecule has 3 aromatic rings. The molecule has 196 valence electrons. The third kappa shape index (κ3) is 6.12. The minimum absolute atomic E-state index is 0.169. The number of amidine groups is 1. The Morgan fingerprint density at radius 3 is 2.37 bits per heavy atom. The molecule has 0 aromatic heterocycles. The van der Waals surface area contributed by atoms with E-state index in [1.165, 1.54) is 31.0 Å². The Kier molecular flexibility index (Phi) is 8.60. The summed E-state index contributed by atoms with van der Waals surface area (Å²) in [5, 5.41) is 10.1. The molecule has 1 amide bonds. The third-order valence-corrected chi connectivity index (χ3v) is 6.93. The van der Waals surface area contributed by atoms with Gasteiger partial charge in [-0.25, -0.2) is 9.79 Å². The molecule has 8 nitrogen and oxygen atoms in total. The number of ether oxygens (including phenoxy) is 3. The number of nitrogens with zero attached hydrogens (tertiary/aromatic N) is 2. The maximum Gasteiger partial charge on any atom is 0.335 e. The maximum atomic E-state index is 13.6. The van der Waals surface area contributed by atoms with E-state index in [9.17, 15) is 14.7 Å². The van der Waals surface area contributed by atoms with E-state index < -0.39 is 5.97 Å². The van der Waals surface area contributed by atoms with Crippen molar-refractivity contribution >= 4 is 52.2 Å². The lowest BCUT2D eigenvalue weighted by Gasteiger charge is -2.16. The van der Waals surface area contributed by atoms with E-state index in [4.69, 9.17) is 30.8 Å². The Morgan fingerprint density at radius 1 is 1.05 bits per heavy atom. The molecule has 1 N–H and O–H groups in total. The smallest absolute Gasteiger partial charge is 0.335 e. The lowest BCUT2D eigenvalue weighted by atomic mass is 10.1. The molecule has 0 unspecified atom stereocenters. The molecule has 0 bridgehead atoms. The van der Waals surface area contributed by atoms with Crippen molar-refractivity contribution in [1.82, 2.24) is 4.90 Å². The molecule has 10 heteroatoms. The minimum Gasteiger partial charge on any atom is -0.497 e. The second-order valence-electron chi connectivity index (χ2n) is 8.05. The summed E-state index contributed by atoms with van der Waals surface area (Å²) >= 11 is 7.74. The molecule has 38 heavy (non-hydrogen) atoms. The summed E-state index contributed by atoms with van der Waals surface area (Å²) in [7, 11) is 3.12. The number of carbonyl (C=O) groups is 2. The van der Waals surface area contributed by atoms with Crippen molar-refractivity contribution in [2.75, 3.05) is 20.8 Å². The van der Waals surface area contributed by atoms with Gasteiger partial charge in [-0.05, 0) is 78.4 Å². The normalized spacial score (nSPS) is 15.3. The van der Waals surface area contributed by atoms with Gasteiger partial charge in [-0.15, -0.1) is 0 Å². The summed E-state index contributed by atoms with van der Waals surface area (Å²) in [5.41, 5.74) is 2.17. The van der Waals surface area contributed by atoms with Gasteiger partial charge in [-0.2, -0.15) is 0 Å². The highest BCUT2D eigenvalue weighted by atomic mass is 35.5. The Hall–Kier alpha value is -3.95. The third-order valence-electron chi connectivity index (χ3n) is 5.60. The van der Waals surface area contributed by atoms with E-state index in [2.05, 4.69) is 0 Å². The van der Waals surface area contributed by atoms with Crippen molar-refractivity contribution < 1.29 is 28.9 Å². The molecule has 1 fully saturated rings. The van der Waals surface area contributed by atoms with Gasteiger partial charge in [0.15, 0.2) is 16.7 Å². The fraction of sp³-hybridized carbons (Fsp3) is 0.179. The van der Waals surface area contributed by atoms with Crippen molar-refractivity contribution in [1.29, 1.82) is 0 Å². The van der Waals surface area contributed by atoms with Gasteiger partial charge in [0.1, 0.15) is 5.75 Å². The molecule has 0 saturated carbocycles. The monoisotopic (exact) mass is 552 g/mol. The topological polar surface area (TPSA) is 97.7 Å². The van der Waals surface area contributed by atoms with Gasteiger partial charge in [0.25, 0.3) is 5.91 Å². The summed E-state index contributed by atoms with van der Waals surface area (Å²) in [6.45, 7) is 2.53. The number of methoxy groups -OCH3 is 2. The van der Waals surface area contributed by atoms with Crippen LogP contribution in [-0.4, -0.2) is 47.9 Å². The van der Waals surface area contributed by atoms with E-state index in [1.54, 1.807) is 66.6 Å². The van der Waals surface area contributed by atoms with Crippen LogP contribution >= 0.6 is 23.4 Å². The minimum atomic E-state index is -1.01. The molecular formula is C28H25ClN2O6S. The van der Waals surface area contributed by atoms with Gasteiger partial charge < -0.3 is 19.3 Å². The lowest BCUT2D eigenvalue weighted by molar-refractivity contribution is -0.122. The van der Waals surface area contributed by atoms with Gasteiger partial charge in [-0.1, -0.05) is 23.7 Å². The van der Waals surface area contributed by atoms with E-state index in [0.717, 1.165) is 5.56 Å². The van der Waals surface area contributed by atoms with Crippen molar-refractivity contribution in [3.05, 3.63) is 87.3 Å². The molecular weight excluding hydrogens is 528 g/mol. The standard InChI is InChI=1S/C28H25ClN2O6S/c1-4-37-24-15-22(29)19(13-23(24)36-3)14-25-26(32)31(16-17-5-7-18(8-6-17)27(33)34)28(38-25)30-20-9-11-21(35-2)12-10-20/h5-15H,4,16H2,1-3H3,(H,33,34)/b25-14-,30-28?. The first kappa shape index (κ1) is 27.1. The largest absolute Gasteiger partial charge is 0.497 e. The number of carboxylic acids is 1. The second kappa shape index (κ2) is 12.1. The number of carboxylic acid groups (broad SMARTS) is 1. The molecule has 1 heterocycles. The van der Waals surface area contributed by atoms with Crippen molar-refractivity contribution in [2.45, 2.75) is 13.5 Å². The predicted octanol–water partition coefficient (Wildman–Crippen LogP) is 6.26. The van der Waals surface area contributed by atoms with Crippen LogP contribution in [0.5, 0.6) is 17.2 Å². The summed E-state index contributed by atoms with van der Waals surface area (Å²) in [5.74, 6) is 0.438. The Balaban J connectivity index is 1.71. The van der Waals surface area contributed by atoms with Gasteiger partial charge in [0.2, 0.25) is 0 Å². The van der Waals surface area contributed by atoms with E-state index in [1.807, 2.05) is 6.92 Å². The highest BCUT2D eigenvalue weighted by Gasteiger charge is 2.34. The number of amides is 1. The number of carbonyl (C=O) groups excluding carboxylic acids is 1. The van der Waals surface area contributed by atoms with Crippen LogP contribution in [0.15, 0.2) is 70.6 Å². The van der Waals surface area contributed by atoms with E-state index in [-0.39, 0.29) is 18.0 Å². The van der Waals surface area contributed by atoms with Gasteiger partial charge >= 0.3 is 5.97 Å². The highest BCUT2D eigenvalue weighted by Crippen LogP contribution is 2.39. The number of benzene rings is 3. The first-order valence-corrected chi connectivity index (χ1v) is 12.8. The molecule has 1 aliphatic rings. The number of thioether (sulfide) groups is 1. The van der Waals surface area contributed by atoms with Crippen LogP contribution in [0.2, 0.25) is 5.02 Å².